The van der Waals surface area contributed by atoms with E-state index in [1.165, 1.54) is 6.92 Å². The van der Waals surface area contributed by atoms with Crippen molar-refractivity contribution in [2.75, 3.05) is 39.7 Å². The van der Waals surface area contributed by atoms with Gasteiger partial charge in [0.25, 0.3) is 0 Å². The van der Waals surface area contributed by atoms with Crippen LogP contribution in [0, 0.1) is 23.2 Å². The lowest BCUT2D eigenvalue weighted by atomic mass is 9.43. The van der Waals surface area contributed by atoms with Crippen molar-refractivity contribution in [3.63, 3.8) is 0 Å². The van der Waals surface area contributed by atoms with Crippen LogP contribution in [0.2, 0.25) is 0 Å². The summed E-state index contributed by atoms with van der Waals surface area (Å²) in [6.45, 7) is 4.30. The van der Waals surface area contributed by atoms with E-state index in [0.717, 1.165) is 0 Å². The van der Waals surface area contributed by atoms with Gasteiger partial charge in [-0.1, -0.05) is 19.1 Å². The third kappa shape index (κ3) is 3.24. The molecule has 0 radical (unpaired) electrons. The molecule has 1 amide bonds. The summed E-state index contributed by atoms with van der Waals surface area (Å²) in [7, 11) is 4.82. The number of carbonyl (C=O) groups excluding carboxylic acids is 2. The lowest BCUT2D eigenvalue weighted by Crippen LogP contribution is -2.87. The highest BCUT2D eigenvalue weighted by atomic mass is 16.6. The number of esters is 1. The number of nitrogens with one attached hydrogen (secondary N) is 1. The van der Waals surface area contributed by atoms with Gasteiger partial charge in [-0.3, -0.25) is 9.69 Å². The zero-order chi connectivity index (χ0) is 30.7. The minimum Gasteiger partial charge on any atom is -0.454 e. The molecular weight excluding hydrogens is 556 g/mol. The third-order valence-corrected chi connectivity index (χ3v) is 12.7. The van der Waals surface area contributed by atoms with E-state index in [1.54, 1.807) is 45.6 Å². The number of anilines is 1. The molecule has 1 spiro atoms. The maximum Gasteiger partial charge on any atom is 0.340 e. The Bertz CT molecular complexity index is 1340. The Kier molecular flexibility index (Phi) is 6.50. The first-order valence-corrected chi connectivity index (χ1v) is 15.5. The SMILES string of the molecule is CCN1C[C@]2(OC(=O)c3ccccc3NC(C)=O)CCC(OC)C34C1C(O)(C[C@@H]32)[C@@]1(O)C[C@H](OC)[C@H]2C[C@@H]4[C@]1(O)[C@H]2OC. The van der Waals surface area contributed by atoms with Crippen LogP contribution in [0.25, 0.3) is 0 Å². The summed E-state index contributed by atoms with van der Waals surface area (Å²) < 4.78 is 24.8. The van der Waals surface area contributed by atoms with Crippen molar-refractivity contribution in [2.24, 2.45) is 23.2 Å². The molecule has 1 heterocycles. The molecule has 11 nitrogen and oxygen atoms in total. The number of nitrogens with zero attached hydrogens (tertiary/aromatic N) is 1. The summed E-state index contributed by atoms with van der Waals surface area (Å²) in [5, 5.41) is 41.5. The van der Waals surface area contributed by atoms with Gasteiger partial charge in [-0.2, -0.15) is 0 Å². The number of piperidine rings is 1. The molecule has 6 aliphatic rings. The highest BCUT2D eigenvalue weighted by Gasteiger charge is 2.93. The Morgan fingerprint density at radius 1 is 1.05 bits per heavy atom. The Morgan fingerprint density at radius 2 is 1.79 bits per heavy atom. The van der Waals surface area contributed by atoms with Gasteiger partial charge in [-0.15, -0.1) is 0 Å². The molecule has 5 saturated carbocycles. The topological polar surface area (TPSA) is 147 Å². The molecule has 0 aromatic heterocycles. The number of benzene rings is 1. The highest BCUT2D eigenvalue weighted by Crippen LogP contribution is 2.80. The molecule has 1 aromatic carbocycles. The van der Waals surface area contributed by atoms with E-state index in [9.17, 15) is 24.9 Å². The number of ether oxygens (including phenoxy) is 4. The molecule has 43 heavy (non-hydrogen) atoms. The number of methoxy groups -OCH3 is 3. The van der Waals surface area contributed by atoms with Crippen molar-refractivity contribution in [3.05, 3.63) is 29.8 Å². The third-order valence-electron chi connectivity index (χ3n) is 12.7. The highest BCUT2D eigenvalue weighted by molar-refractivity contribution is 6.00. The summed E-state index contributed by atoms with van der Waals surface area (Å²) in [5.41, 5.74) is -6.72. The van der Waals surface area contributed by atoms with Gasteiger partial charge in [-0.05, 0) is 44.4 Å². The summed E-state index contributed by atoms with van der Waals surface area (Å²) in [5.74, 6) is -1.97. The number of carbonyl (C=O) groups is 2. The first-order chi connectivity index (χ1) is 20.4. The lowest BCUT2D eigenvalue weighted by molar-refractivity contribution is -0.369. The Morgan fingerprint density at radius 3 is 2.44 bits per heavy atom. The minimum absolute atomic E-state index is 0.0723. The van der Waals surface area contributed by atoms with Crippen LogP contribution in [0.1, 0.15) is 56.3 Å². The van der Waals surface area contributed by atoms with E-state index >= 15 is 0 Å². The molecule has 4 unspecified atom stereocenters. The van der Waals surface area contributed by atoms with E-state index in [0.29, 0.717) is 38.0 Å². The Balaban J connectivity index is 1.41. The minimum atomic E-state index is -1.93. The predicted molar refractivity (Wildman–Crippen MR) is 153 cm³/mol. The molecule has 4 N–H and O–H groups in total. The van der Waals surface area contributed by atoms with Crippen LogP contribution in [0.3, 0.4) is 0 Å². The smallest absolute Gasteiger partial charge is 0.340 e. The monoisotopic (exact) mass is 600 g/mol. The largest absolute Gasteiger partial charge is 0.454 e. The average Bonchev–Trinajstić information content (AvgIpc) is 3.36. The van der Waals surface area contributed by atoms with E-state index < -0.39 is 63.9 Å². The summed E-state index contributed by atoms with van der Waals surface area (Å²) >= 11 is 0. The van der Waals surface area contributed by atoms with Gasteiger partial charge < -0.3 is 39.6 Å². The van der Waals surface area contributed by atoms with Crippen LogP contribution in [0.15, 0.2) is 24.3 Å². The fourth-order valence-electron chi connectivity index (χ4n) is 11.6. The molecule has 7 rings (SSSR count). The average molecular weight is 601 g/mol. The molecule has 236 valence electrons. The summed E-state index contributed by atoms with van der Waals surface area (Å²) in [6.07, 6.45) is 0.245. The quantitative estimate of drug-likeness (QED) is 0.338. The number of para-hydroxylation sites is 1. The van der Waals surface area contributed by atoms with Crippen molar-refractivity contribution in [1.82, 2.24) is 4.90 Å². The molecule has 12 atom stereocenters. The number of amides is 1. The number of rotatable bonds is 7. The lowest BCUT2D eigenvalue weighted by Gasteiger charge is -2.71. The maximum absolute atomic E-state index is 14.0. The van der Waals surface area contributed by atoms with Crippen LogP contribution >= 0.6 is 0 Å². The number of aliphatic hydroxyl groups is 3. The van der Waals surface area contributed by atoms with Gasteiger partial charge in [0, 0.05) is 64.4 Å². The zero-order valence-corrected chi connectivity index (χ0v) is 25.5. The number of hydrogen-bond acceptors (Lipinski definition) is 10. The summed E-state index contributed by atoms with van der Waals surface area (Å²) in [4.78, 5) is 28.1. The second kappa shape index (κ2) is 9.45. The number of hydrogen-bond donors (Lipinski definition) is 4. The molecule has 6 fully saturated rings. The van der Waals surface area contributed by atoms with Crippen LogP contribution in [0.5, 0.6) is 0 Å². The van der Waals surface area contributed by atoms with Crippen molar-refractivity contribution in [3.8, 4) is 0 Å². The maximum atomic E-state index is 14.0. The van der Waals surface area contributed by atoms with Crippen molar-refractivity contribution in [1.29, 1.82) is 0 Å². The van der Waals surface area contributed by atoms with Gasteiger partial charge in [0.1, 0.15) is 22.4 Å². The second-order valence-electron chi connectivity index (χ2n) is 13.9. The predicted octanol–water partition coefficient (Wildman–Crippen LogP) is 1.34. The van der Waals surface area contributed by atoms with E-state index in [1.807, 2.05) is 6.92 Å². The van der Waals surface area contributed by atoms with Crippen LogP contribution < -0.4 is 5.32 Å². The molecule has 1 aromatic rings. The van der Waals surface area contributed by atoms with Gasteiger partial charge >= 0.3 is 5.97 Å². The van der Waals surface area contributed by atoms with Crippen molar-refractivity contribution < 1.29 is 43.9 Å². The fourth-order valence-corrected chi connectivity index (χ4v) is 11.6. The summed E-state index contributed by atoms with van der Waals surface area (Å²) in [6, 6.07) is 6.23. The van der Waals surface area contributed by atoms with Crippen molar-refractivity contribution >= 4 is 17.6 Å². The molecule has 1 aliphatic heterocycles. The first-order valence-electron chi connectivity index (χ1n) is 15.5. The van der Waals surface area contributed by atoms with E-state index in [4.69, 9.17) is 18.9 Å². The molecule has 7 bridgehead atoms. The molecule has 5 aliphatic carbocycles. The van der Waals surface area contributed by atoms with Gasteiger partial charge in [0.05, 0.1) is 35.6 Å². The second-order valence-corrected chi connectivity index (χ2v) is 13.9. The number of likely N-dealkylation sites (N-methyl/N-ethyl adjacent to an activating group) is 1. The first kappa shape index (κ1) is 29.6. The molecule has 1 saturated heterocycles. The van der Waals surface area contributed by atoms with Gasteiger partial charge in [0.2, 0.25) is 5.91 Å². The zero-order valence-electron chi connectivity index (χ0n) is 25.5. The number of fused-ring (bicyclic) bond motifs is 2. The standard InChI is InChI=1S/C32H44N2O9/c1-6-34-16-28(43-26(36)18-9-7-8-10-20(18)33-17(2)35)12-11-24(41-4)31-22-13-19-21(40-3)14-30(38,32(22,39)25(19)42-5)29(37,27(31)34)15-23(28)31/h7-10,19,21-25,27,37-39H,6,11-16H2,1-5H3,(H,33,35)/t19-,21+,22+,23-,24?,25+,27?,28-,29?,30+,31?,32+/m1/s1. The number of likely N-dealkylation sites (tertiary alicyclic amines) is 1. The molecular formula is C32H44N2O9. The van der Waals surface area contributed by atoms with E-state index in [2.05, 4.69) is 10.2 Å². The Hall–Kier alpha value is -2.12. The van der Waals surface area contributed by atoms with Gasteiger partial charge in [0.15, 0.2) is 0 Å². The van der Waals surface area contributed by atoms with Crippen LogP contribution in [0.4, 0.5) is 5.69 Å². The van der Waals surface area contributed by atoms with Crippen LogP contribution in [-0.2, 0) is 23.7 Å². The Labute approximate surface area is 251 Å². The van der Waals surface area contributed by atoms with Crippen molar-refractivity contribution in [2.45, 2.75) is 92.7 Å². The normalized spacial score (nSPS) is 49.1. The molecule has 11 heteroatoms. The van der Waals surface area contributed by atoms with Crippen LogP contribution in [-0.4, -0.2) is 113 Å². The van der Waals surface area contributed by atoms with Gasteiger partial charge in [-0.25, -0.2) is 4.79 Å². The fraction of sp³-hybridized carbons (Fsp3) is 0.750. The van der Waals surface area contributed by atoms with E-state index in [-0.39, 0.29) is 36.3 Å².